The molecule has 358 valence electrons. The summed E-state index contributed by atoms with van der Waals surface area (Å²) in [5.41, 5.74) is -1.95. The van der Waals surface area contributed by atoms with Gasteiger partial charge in [-0.05, 0) is 80.1 Å². The summed E-state index contributed by atoms with van der Waals surface area (Å²) in [7, 11) is -2.42. The number of aromatic nitrogens is 2. The molecule has 2 fully saturated rings. The number of rotatable bonds is 19. The minimum absolute atomic E-state index is 0.00118. The first kappa shape index (κ1) is 48.6. The Morgan fingerprint density at radius 2 is 1.75 bits per heavy atom. The van der Waals surface area contributed by atoms with Gasteiger partial charge >= 0.3 is 6.09 Å². The van der Waals surface area contributed by atoms with Crippen LogP contribution < -0.4 is 31.1 Å². The van der Waals surface area contributed by atoms with Crippen molar-refractivity contribution < 1.29 is 55.6 Å². The van der Waals surface area contributed by atoms with Crippen molar-refractivity contribution in [1.82, 2.24) is 23.9 Å². The first-order valence-corrected chi connectivity index (χ1v) is 23.2. The molecule has 2 aliphatic rings. The van der Waals surface area contributed by atoms with Gasteiger partial charge < -0.3 is 48.4 Å². The van der Waals surface area contributed by atoms with Crippen LogP contribution in [0.15, 0.2) is 99.8 Å². The molecule has 4 heterocycles. The Morgan fingerprint density at radius 3 is 2.45 bits per heavy atom. The molecule has 5 aromatic rings. The monoisotopic (exact) mass is 949 g/mol. The molecule has 2 aliphatic heterocycles. The fourth-order valence-corrected chi connectivity index (χ4v) is 9.85. The molecule has 67 heavy (non-hydrogen) atoms. The van der Waals surface area contributed by atoms with Crippen LogP contribution in [0.4, 0.5) is 13.6 Å². The van der Waals surface area contributed by atoms with E-state index in [1.165, 1.54) is 40.5 Å². The summed E-state index contributed by atoms with van der Waals surface area (Å²) in [4.78, 5) is 52.8. The lowest BCUT2D eigenvalue weighted by Gasteiger charge is -2.27. The highest BCUT2D eigenvalue weighted by molar-refractivity contribution is 7.89. The van der Waals surface area contributed by atoms with Gasteiger partial charge in [-0.25, -0.2) is 22.0 Å². The van der Waals surface area contributed by atoms with E-state index in [2.05, 4.69) is 10.6 Å². The van der Waals surface area contributed by atoms with Crippen molar-refractivity contribution in [3.8, 4) is 17.2 Å². The third kappa shape index (κ3) is 11.3. The highest BCUT2D eigenvalue weighted by Crippen LogP contribution is 2.42. The van der Waals surface area contributed by atoms with Crippen LogP contribution in [0.25, 0.3) is 5.52 Å². The highest BCUT2D eigenvalue weighted by Gasteiger charge is 2.53. The third-order valence-corrected chi connectivity index (χ3v) is 13.7. The number of hydrogen-bond donors (Lipinski definition) is 3. The van der Waals surface area contributed by atoms with Crippen LogP contribution in [0, 0.1) is 23.5 Å². The van der Waals surface area contributed by atoms with Crippen molar-refractivity contribution in [3.05, 3.63) is 134 Å². The maximum absolute atomic E-state index is 14.1. The van der Waals surface area contributed by atoms with E-state index in [0.717, 1.165) is 28.3 Å². The Balaban J connectivity index is 1.00. The number of nitrogens with one attached hydrogen (secondary N) is 2. The van der Waals surface area contributed by atoms with Gasteiger partial charge in [-0.1, -0.05) is 32.0 Å². The predicted octanol–water partition coefficient (Wildman–Crippen LogP) is 4.99. The molecule has 0 aliphatic carbocycles. The second-order valence-electron chi connectivity index (χ2n) is 17.0. The molecule has 3 aromatic carbocycles. The summed E-state index contributed by atoms with van der Waals surface area (Å²) in [6.45, 7) is 6.36. The van der Waals surface area contributed by atoms with E-state index >= 15 is 0 Å². The largest absolute Gasteiger partial charge is 0.503 e. The van der Waals surface area contributed by atoms with Crippen LogP contribution in [0.2, 0.25) is 0 Å². The second kappa shape index (κ2) is 20.7. The van der Waals surface area contributed by atoms with Crippen LogP contribution in [0.1, 0.15) is 55.1 Å². The zero-order valence-corrected chi connectivity index (χ0v) is 38.2. The van der Waals surface area contributed by atoms with Crippen LogP contribution in [-0.4, -0.2) is 96.8 Å². The molecular formula is C47H53F2N5O12S. The summed E-state index contributed by atoms with van der Waals surface area (Å²) < 4.78 is 87.6. The Morgan fingerprint density at radius 1 is 1.01 bits per heavy atom. The molecule has 2 amide bonds. The number of hydrogen-bond acceptors (Lipinski definition) is 12. The lowest BCUT2D eigenvalue weighted by molar-refractivity contribution is -0.181. The first-order chi connectivity index (χ1) is 31.9. The average Bonchev–Trinajstić information content (AvgIpc) is 3.83. The van der Waals surface area contributed by atoms with Gasteiger partial charge in [0.25, 0.3) is 11.5 Å². The Kier molecular flexibility index (Phi) is 15.0. The number of sulfonamides is 1. The summed E-state index contributed by atoms with van der Waals surface area (Å²) in [6, 6.07) is 15.5. The van der Waals surface area contributed by atoms with E-state index in [1.54, 1.807) is 36.4 Å². The summed E-state index contributed by atoms with van der Waals surface area (Å²) >= 11 is 0. The number of pyridine rings is 1. The molecule has 0 bridgehead atoms. The molecule has 20 heteroatoms. The Hall–Kier alpha value is -6.35. The number of alkyl carbamates (subject to hydrolysis) is 1. The van der Waals surface area contributed by atoms with Gasteiger partial charge in [0.15, 0.2) is 17.1 Å². The van der Waals surface area contributed by atoms with Crippen molar-refractivity contribution in [3.63, 3.8) is 0 Å². The van der Waals surface area contributed by atoms with E-state index in [1.807, 2.05) is 20.8 Å². The van der Waals surface area contributed by atoms with Crippen LogP contribution in [0.5, 0.6) is 17.2 Å². The fourth-order valence-electron chi connectivity index (χ4n) is 8.23. The van der Waals surface area contributed by atoms with Crippen LogP contribution >= 0.6 is 0 Å². The van der Waals surface area contributed by atoms with Gasteiger partial charge in [0, 0.05) is 55.9 Å². The molecule has 0 radical (unpaired) electrons. The van der Waals surface area contributed by atoms with Gasteiger partial charge in [-0.3, -0.25) is 14.4 Å². The maximum Gasteiger partial charge on any atom is 0.407 e. The standard InChI is InChI=1S/C47H53F2N5O12S/c1-29(2)26-54(67(60,61)36-13-11-34(62-4)12-14-36)17-15-33(51-46(59)66-40-28-65-47(3)38(40)16-21-64-47)23-30-5-9-35(10-6-30)63-22-20-52-18-19-53-27-37(42(55)43(56)41(53)45(52)58)44(57)50-25-31-7-8-32(48)24-39(31)49/h5-14,18-19,24,27,29,33,38,40,56H,15-17,20-23,25-26,28H2,1-4H3,(H,50,57)(H,51,59)/t33-,38?,40+,47-/m1/s1. The van der Waals surface area contributed by atoms with Crippen LogP contribution in [0.3, 0.4) is 0 Å². The molecule has 0 saturated carbocycles. The molecule has 2 aromatic heterocycles. The molecule has 2 saturated heterocycles. The zero-order chi connectivity index (χ0) is 48.0. The maximum atomic E-state index is 14.1. The molecule has 3 N–H and O–H groups in total. The lowest BCUT2D eigenvalue weighted by atomic mass is 9.96. The van der Waals surface area contributed by atoms with E-state index in [0.29, 0.717) is 37.0 Å². The van der Waals surface area contributed by atoms with Gasteiger partial charge in [0.05, 0.1) is 37.7 Å². The van der Waals surface area contributed by atoms with Gasteiger partial charge in [-0.2, -0.15) is 4.31 Å². The molecule has 17 nitrogen and oxygen atoms in total. The SMILES string of the molecule is COc1ccc(S(=O)(=O)N(CC[C@H](Cc2ccc(OCCn3ccn4cc(C(=O)NCc5ccc(F)cc5F)c(=O)c(O)c4c3=O)cc2)NC(=O)O[C@H]2CO[C@@]3(C)OCCC23)CC(C)C)cc1. The summed E-state index contributed by atoms with van der Waals surface area (Å²) in [6.07, 6.45) is 3.91. The van der Waals surface area contributed by atoms with Gasteiger partial charge in [0.1, 0.15) is 41.4 Å². The summed E-state index contributed by atoms with van der Waals surface area (Å²) in [5.74, 6) is -3.54. The Labute approximate surface area is 385 Å². The third-order valence-electron chi connectivity index (χ3n) is 11.8. The lowest BCUT2D eigenvalue weighted by Crippen LogP contribution is -2.43. The number of nitrogens with zero attached hydrogens (tertiary/aromatic N) is 3. The van der Waals surface area contributed by atoms with Gasteiger partial charge in [-0.15, -0.1) is 0 Å². The van der Waals surface area contributed by atoms with Gasteiger partial charge in [0.2, 0.25) is 15.5 Å². The number of carbonyl (C=O) groups excluding carboxylic acids is 2. The fraction of sp³-hybridized carbons (Fsp3) is 0.404. The summed E-state index contributed by atoms with van der Waals surface area (Å²) in [5, 5.41) is 16.1. The molecule has 1 unspecified atom stereocenters. The topological polar surface area (TPSA) is 205 Å². The van der Waals surface area contributed by atoms with E-state index in [9.17, 15) is 41.5 Å². The van der Waals surface area contributed by atoms with E-state index < -0.39 is 73.9 Å². The van der Waals surface area contributed by atoms with Crippen molar-refractivity contribution >= 4 is 27.5 Å². The van der Waals surface area contributed by atoms with E-state index in [-0.39, 0.29) is 73.6 Å². The Bertz CT molecular complexity index is 2820. The number of amides is 2. The number of ether oxygens (including phenoxy) is 5. The molecule has 0 spiro atoms. The minimum atomic E-state index is -3.92. The predicted molar refractivity (Wildman–Crippen MR) is 240 cm³/mol. The number of aromatic hydroxyl groups is 1. The number of methoxy groups -OCH3 is 1. The second-order valence-corrected chi connectivity index (χ2v) is 18.9. The van der Waals surface area contributed by atoms with Crippen LogP contribution in [-0.2, 0) is 43.7 Å². The minimum Gasteiger partial charge on any atom is -0.503 e. The smallest absolute Gasteiger partial charge is 0.407 e. The van der Waals surface area contributed by atoms with Crippen molar-refractivity contribution in [2.75, 3.05) is 40.0 Å². The molecular weight excluding hydrogens is 897 g/mol. The number of benzene rings is 3. The average molecular weight is 950 g/mol. The van der Waals surface area contributed by atoms with Crippen molar-refractivity contribution in [1.29, 1.82) is 0 Å². The quantitative estimate of drug-likeness (QED) is 0.100. The first-order valence-electron chi connectivity index (χ1n) is 21.8. The molecule has 7 rings (SSSR count). The normalized spacial score (nSPS) is 18.5. The van der Waals surface area contributed by atoms with Crippen molar-refractivity contribution in [2.24, 2.45) is 11.8 Å². The van der Waals surface area contributed by atoms with E-state index in [4.69, 9.17) is 23.7 Å². The number of halogens is 2. The number of fused-ring (bicyclic) bond motifs is 2. The number of carbonyl (C=O) groups is 2. The highest BCUT2D eigenvalue weighted by atomic mass is 32.2. The molecule has 4 atom stereocenters. The zero-order valence-electron chi connectivity index (χ0n) is 37.4. The van der Waals surface area contributed by atoms with Crippen molar-refractivity contribution in [2.45, 2.75) is 76.0 Å².